The van der Waals surface area contributed by atoms with Crippen LogP contribution in [-0.4, -0.2) is 109 Å². The van der Waals surface area contributed by atoms with Gasteiger partial charge in [0.25, 0.3) is 32.1 Å². The maximum atomic E-state index is 11.8. The molecule has 2 saturated heterocycles. The molecule has 20 heteroatoms. The van der Waals surface area contributed by atoms with Gasteiger partial charge in [-0.1, -0.05) is 0 Å². The lowest BCUT2D eigenvalue weighted by atomic mass is 10.3. The van der Waals surface area contributed by atoms with Gasteiger partial charge in [-0.2, -0.15) is 27.0 Å². The van der Waals surface area contributed by atoms with Crippen LogP contribution >= 0.6 is 0 Å². The van der Waals surface area contributed by atoms with Crippen LogP contribution in [0.3, 0.4) is 0 Å². The number of ether oxygens (including phenoxy) is 2. The molecule has 2 fully saturated rings. The van der Waals surface area contributed by atoms with Crippen LogP contribution in [0.15, 0.2) is 0 Å². The maximum absolute atomic E-state index is 11.8. The minimum absolute atomic E-state index is 0.256. The third kappa shape index (κ3) is 9.50. The van der Waals surface area contributed by atoms with E-state index in [4.69, 9.17) is 18.6 Å². The number of esters is 2. The summed E-state index contributed by atoms with van der Waals surface area (Å²) in [6.45, 7) is -1.61. The molecular formula is C18H24N2O16S2. The third-order valence-electron chi connectivity index (χ3n) is 5.05. The van der Waals surface area contributed by atoms with Gasteiger partial charge in [0, 0.05) is 0 Å². The molecule has 2 N–H and O–H groups in total. The van der Waals surface area contributed by atoms with Gasteiger partial charge in [0.2, 0.25) is 0 Å². The molecule has 0 aromatic heterocycles. The first kappa shape index (κ1) is 30.9. The molecule has 0 aromatic rings. The van der Waals surface area contributed by atoms with Gasteiger partial charge >= 0.3 is 23.9 Å². The highest BCUT2D eigenvalue weighted by atomic mass is 32.2. The zero-order chi connectivity index (χ0) is 28.7. The molecule has 2 atom stereocenters. The lowest BCUT2D eigenvalue weighted by Gasteiger charge is -2.15. The number of nitrogens with zero attached hydrogens (tertiary/aromatic N) is 2. The quantitative estimate of drug-likeness (QED) is 0.128. The summed E-state index contributed by atoms with van der Waals surface area (Å²) < 4.78 is 71.6. The van der Waals surface area contributed by atoms with E-state index in [2.05, 4.69) is 9.68 Å². The Morgan fingerprint density at radius 3 is 1.66 bits per heavy atom. The Hall–Kier alpha value is -3.36. The number of amides is 2. The first-order valence-electron chi connectivity index (χ1n) is 10.8. The van der Waals surface area contributed by atoms with E-state index in [0.717, 1.165) is 0 Å². The van der Waals surface area contributed by atoms with Crippen molar-refractivity contribution >= 4 is 55.9 Å². The number of carbonyl (C=O) groups is 6. The molecule has 2 heterocycles. The second-order valence-corrected chi connectivity index (χ2v) is 11.2. The summed E-state index contributed by atoms with van der Waals surface area (Å²) in [5, 5.41) is -2.22. The lowest BCUT2D eigenvalue weighted by molar-refractivity contribution is -0.193. The molecule has 0 radical (unpaired) electrons. The van der Waals surface area contributed by atoms with Gasteiger partial charge in [-0.3, -0.25) is 28.3 Å². The molecule has 38 heavy (non-hydrogen) atoms. The Labute approximate surface area is 215 Å². The fourth-order valence-electron chi connectivity index (χ4n) is 3.13. The van der Waals surface area contributed by atoms with Crippen LogP contribution in [0, 0.1) is 0 Å². The van der Waals surface area contributed by atoms with Crippen molar-refractivity contribution in [2.45, 2.75) is 49.0 Å². The number of hydrogen-bond acceptors (Lipinski definition) is 14. The average molecular weight is 589 g/mol. The summed E-state index contributed by atoms with van der Waals surface area (Å²) in [6, 6.07) is 0. The molecule has 0 aromatic carbocycles. The largest absolute Gasteiger partial charge is 0.462 e. The molecular weight excluding hydrogens is 564 g/mol. The molecule has 18 nitrogen and oxygen atoms in total. The van der Waals surface area contributed by atoms with E-state index in [-0.39, 0.29) is 13.0 Å². The van der Waals surface area contributed by atoms with Crippen molar-refractivity contribution in [1.82, 2.24) is 10.1 Å². The van der Waals surface area contributed by atoms with E-state index in [0.29, 0.717) is 10.1 Å². The van der Waals surface area contributed by atoms with E-state index in [1.165, 1.54) is 0 Å². The van der Waals surface area contributed by atoms with Gasteiger partial charge in [-0.15, -0.1) is 0 Å². The molecule has 0 saturated carbocycles. The first-order chi connectivity index (χ1) is 17.6. The molecule has 2 aliphatic heterocycles. The van der Waals surface area contributed by atoms with Crippen LogP contribution in [-0.2, 0) is 68.2 Å². The minimum Gasteiger partial charge on any atom is -0.462 e. The van der Waals surface area contributed by atoms with Crippen LogP contribution in [0.4, 0.5) is 0 Å². The third-order valence-corrected chi connectivity index (χ3v) is 7.36. The number of hydrogen-bond donors (Lipinski definition) is 2. The predicted octanol–water partition coefficient (Wildman–Crippen LogP) is -2.47. The lowest BCUT2D eigenvalue weighted by Crippen LogP contribution is -2.35. The molecule has 2 unspecified atom stereocenters. The Kier molecular flexibility index (Phi) is 10.5. The van der Waals surface area contributed by atoms with E-state index in [1.54, 1.807) is 0 Å². The predicted molar refractivity (Wildman–Crippen MR) is 116 cm³/mol. The topological polar surface area (TPSA) is 255 Å². The van der Waals surface area contributed by atoms with Crippen molar-refractivity contribution in [2.75, 3.05) is 26.3 Å². The van der Waals surface area contributed by atoms with Crippen molar-refractivity contribution in [3.63, 3.8) is 0 Å². The summed E-state index contributed by atoms with van der Waals surface area (Å²) in [6.07, 6.45) is -2.84. The zero-order valence-corrected chi connectivity index (χ0v) is 21.2. The summed E-state index contributed by atoms with van der Waals surface area (Å²) >= 11 is 0. The van der Waals surface area contributed by atoms with Crippen LogP contribution in [0.2, 0.25) is 0 Å². The smallest absolute Gasteiger partial charge is 0.333 e. The molecule has 0 aliphatic carbocycles. The monoisotopic (exact) mass is 588 g/mol. The van der Waals surface area contributed by atoms with E-state index in [9.17, 15) is 45.6 Å². The summed E-state index contributed by atoms with van der Waals surface area (Å²) in [7, 11) is -9.14. The Balaban J connectivity index is 1.56. The van der Waals surface area contributed by atoms with Crippen molar-refractivity contribution in [3.05, 3.63) is 0 Å². The Morgan fingerprint density at radius 1 is 0.763 bits per heavy atom. The SMILES string of the molecule is O=C(CCC(=O)ON1CC(S(=O)(=O)O)CC1=O)OCCOC(=O)CCC(=O)ON1CCC(S(=O)(=O)O)C1=O. The van der Waals surface area contributed by atoms with E-state index < -0.39 is 118 Å². The average Bonchev–Trinajstić information content (AvgIpc) is 3.36. The van der Waals surface area contributed by atoms with E-state index in [1.807, 2.05) is 0 Å². The Bertz CT molecular complexity index is 1150. The van der Waals surface area contributed by atoms with Crippen molar-refractivity contribution in [1.29, 1.82) is 0 Å². The summed E-state index contributed by atoms with van der Waals surface area (Å²) in [5.41, 5.74) is 0. The number of hydroxylamine groups is 4. The summed E-state index contributed by atoms with van der Waals surface area (Å²) in [5.74, 6) is -5.79. The highest BCUT2D eigenvalue weighted by molar-refractivity contribution is 7.87. The molecule has 0 spiro atoms. The molecule has 214 valence electrons. The fraction of sp³-hybridized carbons (Fsp3) is 0.667. The highest BCUT2D eigenvalue weighted by Crippen LogP contribution is 2.19. The van der Waals surface area contributed by atoms with Crippen LogP contribution in [0.5, 0.6) is 0 Å². The van der Waals surface area contributed by atoms with E-state index >= 15 is 0 Å². The van der Waals surface area contributed by atoms with Gasteiger partial charge in [0.05, 0.1) is 45.2 Å². The standard InChI is InChI=1S/C18H24N2O16S2/c21-13-9-11(37(27,28)29)10-20(13)36-17(25)4-2-15(23)34-8-7-33-14(22)1-3-16(24)35-19-6-5-12(18(19)26)38(30,31)32/h11-12H,1-10H2,(H,27,28,29)(H,30,31,32). The fourth-order valence-corrected chi connectivity index (χ4v) is 4.58. The first-order valence-corrected chi connectivity index (χ1v) is 13.9. The second-order valence-electron chi connectivity index (χ2n) is 7.90. The normalized spacial score (nSPS) is 19.8. The van der Waals surface area contributed by atoms with Crippen LogP contribution in [0.25, 0.3) is 0 Å². The highest BCUT2D eigenvalue weighted by Gasteiger charge is 2.42. The second kappa shape index (κ2) is 12.9. The van der Waals surface area contributed by atoms with Gasteiger partial charge in [-0.05, 0) is 6.42 Å². The molecule has 2 aliphatic rings. The zero-order valence-electron chi connectivity index (χ0n) is 19.5. The van der Waals surface area contributed by atoms with Gasteiger partial charge in [-0.25, -0.2) is 9.59 Å². The van der Waals surface area contributed by atoms with Gasteiger partial charge in [0.15, 0.2) is 5.25 Å². The summed E-state index contributed by atoms with van der Waals surface area (Å²) in [4.78, 5) is 79.5. The molecule has 2 amide bonds. The van der Waals surface area contributed by atoms with Crippen LogP contribution in [0.1, 0.15) is 38.5 Å². The van der Waals surface area contributed by atoms with Crippen molar-refractivity contribution in [2.24, 2.45) is 0 Å². The number of carbonyl (C=O) groups excluding carboxylic acids is 6. The number of rotatable bonds is 13. The molecule has 0 bridgehead atoms. The van der Waals surface area contributed by atoms with Crippen molar-refractivity contribution < 1.29 is 73.9 Å². The maximum Gasteiger partial charge on any atom is 0.333 e. The van der Waals surface area contributed by atoms with Crippen LogP contribution < -0.4 is 0 Å². The molecule has 2 rings (SSSR count). The van der Waals surface area contributed by atoms with Gasteiger partial charge < -0.3 is 19.1 Å². The minimum atomic E-state index is -4.64. The van der Waals surface area contributed by atoms with Gasteiger partial charge in [0.1, 0.15) is 18.5 Å². The van der Waals surface area contributed by atoms with Crippen molar-refractivity contribution in [3.8, 4) is 0 Å². The Morgan fingerprint density at radius 2 is 1.24 bits per heavy atom.